The van der Waals surface area contributed by atoms with Crippen molar-refractivity contribution in [1.82, 2.24) is 9.97 Å². The first-order chi connectivity index (χ1) is 8.15. The number of nitrogen functional groups attached to an aromatic ring is 1. The van der Waals surface area contributed by atoms with Crippen LogP contribution >= 0.6 is 39.3 Å². The quantitative estimate of drug-likeness (QED) is 0.687. The highest BCUT2D eigenvalue weighted by Gasteiger charge is 2.04. The summed E-state index contributed by atoms with van der Waals surface area (Å²) in [4.78, 5) is 8.06. The van der Waals surface area contributed by atoms with Crippen LogP contribution in [-0.4, -0.2) is 9.97 Å². The van der Waals surface area contributed by atoms with Gasteiger partial charge in [0.05, 0.1) is 4.47 Å². The van der Waals surface area contributed by atoms with Gasteiger partial charge in [-0.15, -0.1) is 11.8 Å². The molecule has 3 nitrogen and oxygen atoms in total. The molecule has 0 aliphatic carbocycles. The van der Waals surface area contributed by atoms with Crippen molar-refractivity contribution < 1.29 is 0 Å². The van der Waals surface area contributed by atoms with E-state index in [1.54, 1.807) is 18.0 Å². The lowest BCUT2D eigenvalue weighted by atomic mass is 10.2. The second-order valence-corrected chi connectivity index (χ2v) is 5.55. The fourth-order valence-corrected chi connectivity index (χ4v) is 2.70. The highest BCUT2D eigenvalue weighted by atomic mass is 79.9. The summed E-state index contributed by atoms with van der Waals surface area (Å²) in [5.74, 6) is 1.10. The molecule has 0 saturated carbocycles. The van der Waals surface area contributed by atoms with Gasteiger partial charge in [-0.1, -0.05) is 23.7 Å². The normalized spacial score (nSPS) is 10.5. The molecule has 2 rings (SSSR count). The van der Waals surface area contributed by atoms with Crippen LogP contribution in [0.5, 0.6) is 0 Å². The predicted octanol–water partition coefficient (Wildman–Crippen LogP) is 3.77. The maximum atomic E-state index is 5.82. The Hall–Kier alpha value is -0.780. The fourth-order valence-electron chi connectivity index (χ4n) is 1.20. The van der Waals surface area contributed by atoms with Crippen molar-refractivity contribution in [2.45, 2.75) is 10.8 Å². The van der Waals surface area contributed by atoms with Crippen LogP contribution in [0.2, 0.25) is 5.02 Å². The van der Waals surface area contributed by atoms with Crippen LogP contribution < -0.4 is 5.73 Å². The Morgan fingerprint density at radius 1 is 1.29 bits per heavy atom. The highest BCUT2D eigenvalue weighted by molar-refractivity contribution is 9.10. The largest absolute Gasteiger partial charge is 0.368 e. The van der Waals surface area contributed by atoms with Crippen molar-refractivity contribution in [3.05, 3.63) is 45.5 Å². The molecule has 1 aromatic carbocycles. The van der Waals surface area contributed by atoms with Crippen molar-refractivity contribution in [3.63, 3.8) is 0 Å². The minimum atomic E-state index is 0.284. The lowest BCUT2D eigenvalue weighted by molar-refractivity contribution is 1.04. The van der Waals surface area contributed by atoms with E-state index < -0.39 is 0 Å². The van der Waals surface area contributed by atoms with E-state index in [-0.39, 0.29) is 5.95 Å². The zero-order valence-corrected chi connectivity index (χ0v) is 11.9. The summed E-state index contributed by atoms with van der Waals surface area (Å²) < 4.78 is 0.852. The number of benzene rings is 1. The van der Waals surface area contributed by atoms with Gasteiger partial charge < -0.3 is 5.73 Å². The van der Waals surface area contributed by atoms with Crippen molar-refractivity contribution in [2.75, 3.05) is 5.73 Å². The summed E-state index contributed by atoms with van der Waals surface area (Å²) in [5.41, 5.74) is 6.73. The van der Waals surface area contributed by atoms with Gasteiger partial charge >= 0.3 is 0 Å². The van der Waals surface area contributed by atoms with Crippen LogP contribution in [0.25, 0.3) is 0 Å². The summed E-state index contributed by atoms with van der Waals surface area (Å²) in [5, 5.41) is 1.58. The number of hydrogen-bond acceptors (Lipinski definition) is 4. The number of nitrogens with two attached hydrogens (primary N) is 1. The van der Waals surface area contributed by atoms with Crippen LogP contribution in [0.4, 0.5) is 5.95 Å². The van der Waals surface area contributed by atoms with Crippen molar-refractivity contribution in [1.29, 1.82) is 0 Å². The predicted molar refractivity (Wildman–Crippen MR) is 75.2 cm³/mol. The summed E-state index contributed by atoms with van der Waals surface area (Å²) in [6.07, 6.45) is 1.66. The van der Waals surface area contributed by atoms with Gasteiger partial charge in [0.1, 0.15) is 5.03 Å². The van der Waals surface area contributed by atoms with Gasteiger partial charge in [0.2, 0.25) is 5.95 Å². The summed E-state index contributed by atoms with van der Waals surface area (Å²) >= 11 is 10.8. The monoisotopic (exact) mass is 329 g/mol. The molecule has 0 unspecified atom stereocenters. The molecule has 0 atom stereocenters. The third-order valence-electron chi connectivity index (χ3n) is 2.02. The molecule has 0 fully saturated rings. The van der Waals surface area contributed by atoms with Crippen LogP contribution in [0.1, 0.15) is 5.56 Å². The summed E-state index contributed by atoms with van der Waals surface area (Å²) in [7, 11) is 0. The number of thioether (sulfide) groups is 1. The SMILES string of the molecule is Nc1ncc(Br)c(SCc2ccc(Cl)cc2)n1. The number of aromatic nitrogens is 2. The molecule has 0 aliphatic rings. The molecule has 0 radical (unpaired) electrons. The Bertz CT molecular complexity index is 519. The molecule has 6 heteroatoms. The first-order valence-electron chi connectivity index (χ1n) is 4.80. The van der Waals surface area contributed by atoms with E-state index in [1.807, 2.05) is 24.3 Å². The van der Waals surface area contributed by atoms with Gasteiger partial charge in [-0.3, -0.25) is 0 Å². The standard InChI is InChI=1S/C11H9BrClN3S/c12-9-5-15-11(14)16-10(9)17-6-7-1-3-8(13)4-2-7/h1-5H,6H2,(H2,14,15,16). The number of hydrogen-bond donors (Lipinski definition) is 1. The average molecular weight is 331 g/mol. The van der Waals surface area contributed by atoms with Crippen LogP contribution in [0.15, 0.2) is 40.0 Å². The third-order valence-corrected chi connectivity index (χ3v) is 4.18. The Labute approximate surface area is 117 Å². The second-order valence-electron chi connectivity index (χ2n) is 3.30. The van der Waals surface area contributed by atoms with Crippen LogP contribution in [0, 0.1) is 0 Å². The Morgan fingerprint density at radius 2 is 2.00 bits per heavy atom. The Kier molecular flexibility index (Phi) is 4.25. The van der Waals surface area contributed by atoms with E-state index >= 15 is 0 Å². The van der Waals surface area contributed by atoms with Gasteiger partial charge in [-0.25, -0.2) is 9.97 Å². The maximum absolute atomic E-state index is 5.82. The Balaban J connectivity index is 2.07. The van der Waals surface area contributed by atoms with E-state index in [0.29, 0.717) is 0 Å². The third kappa shape index (κ3) is 3.59. The molecule has 0 spiro atoms. The molecule has 1 aromatic heterocycles. The molecule has 2 aromatic rings. The van der Waals surface area contributed by atoms with Gasteiger partial charge in [0.25, 0.3) is 0 Å². The van der Waals surface area contributed by atoms with E-state index in [2.05, 4.69) is 25.9 Å². The average Bonchev–Trinajstić information content (AvgIpc) is 2.32. The highest BCUT2D eigenvalue weighted by Crippen LogP contribution is 2.28. The number of rotatable bonds is 3. The molecular formula is C11H9BrClN3S. The molecule has 1 heterocycles. The Morgan fingerprint density at radius 3 is 2.71 bits per heavy atom. The molecule has 0 saturated heterocycles. The van der Waals surface area contributed by atoms with Crippen LogP contribution in [0.3, 0.4) is 0 Å². The topological polar surface area (TPSA) is 51.8 Å². The second kappa shape index (κ2) is 5.71. The zero-order chi connectivity index (χ0) is 12.3. The lowest BCUT2D eigenvalue weighted by Gasteiger charge is -2.04. The van der Waals surface area contributed by atoms with Gasteiger partial charge in [0.15, 0.2) is 0 Å². The summed E-state index contributed by atoms with van der Waals surface area (Å²) in [6, 6.07) is 7.74. The van der Waals surface area contributed by atoms with E-state index in [9.17, 15) is 0 Å². The first-order valence-corrected chi connectivity index (χ1v) is 6.96. The van der Waals surface area contributed by atoms with Gasteiger partial charge in [0, 0.05) is 17.0 Å². The summed E-state index contributed by atoms with van der Waals surface area (Å²) in [6.45, 7) is 0. The molecule has 2 N–H and O–H groups in total. The zero-order valence-electron chi connectivity index (χ0n) is 8.73. The van der Waals surface area contributed by atoms with E-state index in [4.69, 9.17) is 17.3 Å². The molecule has 0 bridgehead atoms. The maximum Gasteiger partial charge on any atom is 0.221 e. The van der Waals surface area contributed by atoms with Crippen LogP contribution in [-0.2, 0) is 5.75 Å². The molecule has 0 amide bonds. The smallest absolute Gasteiger partial charge is 0.221 e. The number of halogens is 2. The van der Waals surface area contributed by atoms with E-state index in [0.717, 1.165) is 20.3 Å². The molecule has 0 aliphatic heterocycles. The first kappa shape index (κ1) is 12.7. The van der Waals surface area contributed by atoms with Crippen molar-refractivity contribution in [3.8, 4) is 0 Å². The minimum absolute atomic E-state index is 0.284. The molecule has 17 heavy (non-hydrogen) atoms. The van der Waals surface area contributed by atoms with Crippen molar-refractivity contribution in [2.24, 2.45) is 0 Å². The van der Waals surface area contributed by atoms with Gasteiger partial charge in [-0.2, -0.15) is 0 Å². The minimum Gasteiger partial charge on any atom is -0.368 e. The molecular weight excluding hydrogens is 322 g/mol. The van der Waals surface area contributed by atoms with Gasteiger partial charge in [-0.05, 0) is 33.6 Å². The van der Waals surface area contributed by atoms with E-state index in [1.165, 1.54) is 5.56 Å². The number of nitrogens with zero attached hydrogens (tertiary/aromatic N) is 2. The molecule has 88 valence electrons. The fraction of sp³-hybridized carbons (Fsp3) is 0.0909. The lowest BCUT2D eigenvalue weighted by Crippen LogP contribution is -1.96. The number of anilines is 1. The van der Waals surface area contributed by atoms with Crippen molar-refractivity contribution >= 4 is 45.2 Å².